The summed E-state index contributed by atoms with van der Waals surface area (Å²) in [4.78, 5) is 14.3. The van der Waals surface area contributed by atoms with Crippen LogP contribution in [0.25, 0.3) is 0 Å². The van der Waals surface area contributed by atoms with Gasteiger partial charge >= 0.3 is 0 Å². The van der Waals surface area contributed by atoms with Crippen molar-refractivity contribution in [2.45, 2.75) is 54.8 Å². The lowest BCUT2D eigenvalue weighted by molar-refractivity contribution is -0.133. The molecule has 1 aliphatic heterocycles. The van der Waals surface area contributed by atoms with Gasteiger partial charge in [-0.3, -0.25) is 4.79 Å². The third-order valence-corrected chi connectivity index (χ3v) is 8.00. The van der Waals surface area contributed by atoms with Crippen molar-refractivity contribution in [1.29, 1.82) is 0 Å². The van der Waals surface area contributed by atoms with E-state index in [9.17, 15) is 13.2 Å². The highest BCUT2D eigenvalue weighted by molar-refractivity contribution is 7.91. The average Bonchev–Trinajstić information content (AvgIpc) is 3.20. The Balaban J connectivity index is 1.48. The van der Waals surface area contributed by atoms with Crippen LogP contribution in [0.3, 0.4) is 0 Å². The van der Waals surface area contributed by atoms with Gasteiger partial charge in [-0.15, -0.1) is 11.3 Å². The number of piperidine rings is 1. The molecular weight excluding hydrogens is 346 g/mol. The van der Waals surface area contributed by atoms with Gasteiger partial charge in [0.2, 0.25) is 15.9 Å². The molecule has 1 aliphatic carbocycles. The van der Waals surface area contributed by atoms with Crippen molar-refractivity contribution < 1.29 is 13.2 Å². The summed E-state index contributed by atoms with van der Waals surface area (Å²) in [5.41, 5.74) is 6.05. The molecule has 24 heavy (non-hydrogen) atoms. The van der Waals surface area contributed by atoms with Crippen LogP contribution in [-0.4, -0.2) is 44.4 Å². The first-order valence-electron chi connectivity index (χ1n) is 8.55. The summed E-state index contributed by atoms with van der Waals surface area (Å²) in [5.74, 6) is 0.476. The number of carbonyl (C=O) groups excluding carboxylic acids is 1. The molecule has 0 aromatic carbocycles. The Morgan fingerprint density at radius 1 is 1.29 bits per heavy atom. The van der Waals surface area contributed by atoms with E-state index in [0.717, 1.165) is 19.3 Å². The van der Waals surface area contributed by atoms with Crippen LogP contribution in [0, 0.1) is 5.92 Å². The number of thiophene rings is 1. The van der Waals surface area contributed by atoms with Crippen molar-refractivity contribution in [2.24, 2.45) is 11.7 Å². The smallest absolute Gasteiger partial charge is 0.250 e. The number of sulfonamides is 1. The van der Waals surface area contributed by atoms with E-state index in [4.69, 9.17) is 5.73 Å². The third-order valence-electron chi connectivity index (χ3n) is 5.08. The second kappa shape index (κ2) is 7.51. The number of hydrogen-bond donors (Lipinski definition) is 2. The van der Waals surface area contributed by atoms with Gasteiger partial charge in [0, 0.05) is 31.6 Å². The van der Waals surface area contributed by atoms with Crippen LogP contribution in [0.15, 0.2) is 21.7 Å². The molecule has 2 atom stereocenters. The lowest BCUT2D eigenvalue weighted by Gasteiger charge is -2.33. The van der Waals surface area contributed by atoms with Gasteiger partial charge in [-0.1, -0.05) is 12.5 Å². The molecule has 1 aromatic rings. The second-order valence-corrected chi connectivity index (χ2v) is 9.66. The molecule has 134 valence electrons. The van der Waals surface area contributed by atoms with Crippen LogP contribution in [0.4, 0.5) is 0 Å². The highest BCUT2D eigenvalue weighted by Crippen LogP contribution is 2.28. The molecule has 2 fully saturated rings. The number of carbonyl (C=O) groups is 1. The van der Waals surface area contributed by atoms with E-state index in [1.165, 1.54) is 11.3 Å². The van der Waals surface area contributed by atoms with Crippen LogP contribution in [-0.2, 0) is 14.8 Å². The Bertz CT molecular complexity index is 652. The standard InChI is InChI=1S/C16H25N3O3S2/c17-14-4-1-3-12(14)11-15(20)19-8-6-13(7-9-19)18-24(21,22)16-5-2-10-23-16/h2,5,10,12-14,18H,1,3-4,6-9,11,17H2/t12-,14+/m0/s1. The molecule has 1 aromatic heterocycles. The van der Waals surface area contributed by atoms with E-state index in [1.54, 1.807) is 17.5 Å². The largest absolute Gasteiger partial charge is 0.343 e. The first-order chi connectivity index (χ1) is 11.5. The maximum Gasteiger partial charge on any atom is 0.250 e. The maximum absolute atomic E-state index is 12.4. The van der Waals surface area contributed by atoms with E-state index in [1.807, 2.05) is 4.90 Å². The highest BCUT2D eigenvalue weighted by Gasteiger charge is 2.31. The van der Waals surface area contributed by atoms with Crippen LogP contribution in [0.1, 0.15) is 38.5 Å². The van der Waals surface area contributed by atoms with Gasteiger partial charge < -0.3 is 10.6 Å². The monoisotopic (exact) mass is 371 g/mol. The molecule has 2 aliphatic rings. The molecule has 3 rings (SSSR count). The number of amides is 1. The summed E-state index contributed by atoms with van der Waals surface area (Å²) < 4.78 is 27.6. The van der Waals surface area contributed by atoms with Gasteiger partial charge in [0.15, 0.2) is 0 Å². The number of likely N-dealkylation sites (tertiary alicyclic amines) is 1. The second-order valence-electron chi connectivity index (χ2n) is 6.77. The number of nitrogens with two attached hydrogens (primary N) is 1. The van der Waals surface area contributed by atoms with Gasteiger partial charge in [0.05, 0.1) is 0 Å². The normalized spacial score (nSPS) is 26.0. The maximum atomic E-state index is 12.4. The molecule has 0 bridgehead atoms. The average molecular weight is 372 g/mol. The fourth-order valence-electron chi connectivity index (χ4n) is 3.61. The molecule has 0 spiro atoms. The van der Waals surface area contributed by atoms with Crippen molar-refractivity contribution in [1.82, 2.24) is 9.62 Å². The fraction of sp³-hybridized carbons (Fsp3) is 0.688. The zero-order valence-corrected chi connectivity index (χ0v) is 15.3. The minimum absolute atomic E-state index is 0.102. The summed E-state index contributed by atoms with van der Waals surface area (Å²) in [7, 11) is -3.43. The van der Waals surface area contributed by atoms with Gasteiger partial charge in [-0.25, -0.2) is 13.1 Å². The molecule has 8 heteroatoms. The van der Waals surface area contributed by atoms with E-state index < -0.39 is 10.0 Å². The Morgan fingerprint density at radius 3 is 2.62 bits per heavy atom. The van der Waals surface area contributed by atoms with Crippen molar-refractivity contribution in [3.05, 3.63) is 17.5 Å². The highest BCUT2D eigenvalue weighted by atomic mass is 32.2. The van der Waals surface area contributed by atoms with Gasteiger partial charge in [0.1, 0.15) is 4.21 Å². The number of nitrogens with one attached hydrogen (secondary N) is 1. The Kier molecular flexibility index (Phi) is 5.59. The van der Waals surface area contributed by atoms with Crippen LogP contribution < -0.4 is 10.5 Å². The van der Waals surface area contributed by atoms with Crippen LogP contribution in [0.5, 0.6) is 0 Å². The van der Waals surface area contributed by atoms with E-state index in [2.05, 4.69) is 4.72 Å². The minimum atomic E-state index is -3.43. The topological polar surface area (TPSA) is 92.5 Å². The molecule has 1 saturated carbocycles. The Labute approximate surface area is 147 Å². The first kappa shape index (κ1) is 17.8. The SMILES string of the molecule is N[C@@H]1CCC[C@H]1CC(=O)N1CCC(NS(=O)(=O)c2cccs2)CC1. The molecule has 2 heterocycles. The lowest BCUT2D eigenvalue weighted by atomic mass is 9.98. The summed E-state index contributed by atoms with van der Waals surface area (Å²) in [6.07, 6.45) is 5.03. The minimum Gasteiger partial charge on any atom is -0.343 e. The Morgan fingerprint density at radius 2 is 2.04 bits per heavy atom. The fourth-order valence-corrected chi connectivity index (χ4v) is 5.93. The number of hydrogen-bond acceptors (Lipinski definition) is 5. The molecule has 3 N–H and O–H groups in total. The van der Waals surface area contributed by atoms with Crippen molar-refractivity contribution in [2.75, 3.05) is 13.1 Å². The summed E-state index contributed by atoms with van der Waals surface area (Å²) in [5, 5.41) is 1.75. The van der Waals surface area contributed by atoms with E-state index in [-0.39, 0.29) is 18.0 Å². The van der Waals surface area contributed by atoms with Gasteiger partial charge in [-0.05, 0) is 43.0 Å². The first-order valence-corrected chi connectivity index (χ1v) is 10.9. The quantitative estimate of drug-likeness (QED) is 0.821. The Hall–Kier alpha value is -0.960. The van der Waals surface area contributed by atoms with E-state index in [0.29, 0.717) is 42.5 Å². The van der Waals surface area contributed by atoms with Gasteiger partial charge in [-0.2, -0.15) is 0 Å². The molecule has 0 radical (unpaired) electrons. The van der Waals surface area contributed by atoms with Crippen LogP contribution in [0.2, 0.25) is 0 Å². The summed E-state index contributed by atoms with van der Waals surface area (Å²) in [6.45, 7) is 1.22. The molecule has 1 saturated heterocycles. The zero-order valence-electron chi connectivity index (χ0n) is 13.7. The predicted octanol–water partition coefficient (Wildman–Crippen LogP) is 1.53. The van der Waals surface area contributed by atoms with Crippen LogP contribution >= 0.6 is 11.3 Å². The van der Waals surface area contributed by atoms with Gasteiger partial charge in [0.25, 0.3) is 0 Å². The van der Waals surface area contributed by atoms with Crippen molar-refractivity contribution in [3.8, 4) is 0 Å². The molecule has 0 unspecified atom stereocenters. The zero-order chi connectivity index (χ0) is 17.2. The lowest BCUT2D eigenvalue weighted by Crippen LogP contribution is -2.47. The number of rotatable bonds is 5. The molecular formula is C16H25N3O3S2. The number of nitrogens with zero attached hydrogens (tertiary/aromatic N) is 1. The molecule has 6 nitrogen and oxygen atoms in total. The summed E-state index contributed by atoms with van der Waals surface area (Å²) >= 11 is 1.21. The molecule has 1 amide bonds. The van der Waals surface area contributed by atoms with Crippen molar-refractivity contribution in [3.63, 3.8) is 0 Å². The van der Waals surface area contributed by atoms with E-state index >= 15 is 0 Å². The summed E-state index contributed by atoms with van der Waals surface area (Å²) in [6, 6.07) is 3.39. The predicted molar refractivity (Wildman–Crippen MR) is 94.2 cm³/mol. The van der Waals surface area contributed by atoms with Crippen molar-refractivity contribution >= 4 is 27.3 Å². The third kappa shape index (κ3) is 4.17.